The fourth-order valence-electron chi connectivity index (χ4n) is 3.81. The number of allylic oxidation sites excluding steroid dienone is 4. The SMILES string of the molecule is CC1CCC(COSNC(=O)CCC2C3=C(CCC=C3)CC2(F)F)O1. The monoisotopic (exact) mass is 373 g/mol. The average Bonchev–Trinajstić information content (AvgIpc) is 3.09. The minimum atomic E-state index is -2.74. The van der Waals surface area contributed by atoms with Crippen molar-refractivity contribution in [3.8, 4) is 0 Å². The Morgan fingerprint density at radius 3 is 3.08 bits per heavy atom. The Balaban J connectivity index is 1.37. The van der Waals surface area contributed by atoms with E-state index in [2.05, 4.69) is 4.72 Å². The molecule has 0 spiro atoms. The van der Waals surface area contributed by atoms with E-state index in [0.29, 0.717) is 6.61 Å². The van der Waals surface area contributed by atoms with Crippen molar-refractivity contribution < 1.29 is 22.5 Å². The van der Waals surface area contributed by atoms with Crippen molar-refractivity contribution in [3.63, 3.8) is 0 Å². The molecule has 3 aliphatic rings. The summed E-state index contributed by atoms with van der Waals surface area (Å²) < 4.78 is 41.9. The zero-order valence-electron chi connectivity index (χ0n) is 14.4. The van der Waals surface area contributed by atoms with Crippen molar-refractivity contribution in [2.24, 2.45) is 5.92 Å². The van der Waals surface area contributed by atoms with E-state index in [1.54, 1.807) is 0 Å². The van der Waals surface area contributed by atoms with Crippen LogP contribution < -0.4 is 4.72 Å². The van der Waals surface area contributed by atoms with Crippen molar-refractivity contribution in [2.75, 3.05) is 6.61 Å². The van der Waals surface area contributed by atoms with E-state index in [1.807, 2.05) is 19.1 Å². The summed E-state index contributed by atoms with van der Waals surface area (Å²) in [4.78, 5) is 11.9. The summed E-state index contributed by atoms with van der Waals surface area (Å²) >= 11 is 0.862. The lowest BCUT2D eigenvalue weighted by Crippen LogP contribution is -2.26. The van der Waals surface area contributed by atoms with Crippen LogP contribution in [0.3, 0.4) is 0 Å². The summed E-state index contributed by atoms with van der Waals surface area (Å²) in [5, 5.41) is 0. The molecule has 1 N–H and O–H groups in total. The molecule has 0 aromatic carbocycles. The predicted molar refractivity (Wildman–Crippen MR) is 92.9 cm³/mol. The van der Waals surface area contributed by atoms with E-state index in [0.717, 1.165) is 49.1 Å². The Morgan fingerprint density at radius 2 is 2.32 bits per heavy atom. The highest BCUT2D eigenvalue weighted by Gasteiger charge is 2.47. The molecule has 1 amide bonds. The number of ether oxygens (including phenoxy) is 1. The smallest absolute Gasteiger partial charge is 0.258 e. The van der Waals surface area contributed by atoms with Crippen molar-refractivity contribution in [2.45, 2.75) is 70.0 Å². The number of halogens is 2. The molecule has 2 aliphatic carbocycles. The Hall–Kier alpha value is -0.920. The van der Waals surface area contributed by atoms with Gasteiger partial charge in [-0.2, -0.15) is 0 Å². The van der Waals surface area contributed by atoms with Gasteiger partial charge in [0.15, 0.2) is 0 Å². The summed E-state index contributed by atoms with van der Waals surface area (Å²) in [6, 6.07) is 0. The molecule has 3 unspecified atom stereocenters. The normalized spacial score (nSPS) is 30.6. The topological polar surface area (TPSA) is 47.6 Å². The number of hydrogen-bond donors (Lipinski definition) is 1. The lowest BCUT2D eigenvalue weighted by molar-refractivity contribution is -0.120. The summed E-state index contributed by atoms with van der Waals surface area (Å²) in [5.74, 6) is -3.86. The molecule has 0 aromatic rings. The Bertz CT molecular complexity index is 565. The van der Waals surface area contributed by atoms with E-state index < -0.39 is 11.8 Å². The van der Waals surface area contributed by atoms with Crippen molar-refractivity contribution in [3.05, 3.63) is 23.3 Å². The third-order valence-corrected chi connectivity index (χ3v) is 5.67. The molecule has 1 aliphatic heterocycles. The van der Waals surface area contributed by atoms with E-state index in [9.17, 15) is 13.6 Å². The molecule has 3 atom stereocenters. The maximum Gasteiger partial charge on any atom is 0.258 e. The van der Waals surface area contributed by atoms with Crippen LogP contribution in [0.2, 0.25) is 0 Å². The van der Waals surface area contributed by atoms with Crippen LogP contribution in [0.4, 0.5) is 8.78 Å². The minimum Gasteiger partial charge on any atom is -0.373 e. The Morgan fingerprint density at radius 1 is 1.48 bits per heavy atom. The van der Waals surface area contributed by atoms with Gasteiger partial charge in [-0.15, -0.1) is 0 Å². The molecule has 0 radical (unpaired) electrons. The predicted octanol–water partition coefficient (Wildman–Crippen LogP) is 4.33. The highest BCUT2D eigenvalue weighted by atomic mass is 32.2. The quantitative estimate of drug-likeness (QED) is 0.410. The molecule has 140 valence electrons. The molecule has 1 heterocycles. The second-order valence-electron chi connectivity index (χ2n) is 7.07. The molecule has 1 fully saturated rings. The third kappa shape index (κ3) is 4.83. The molecule has 0 saturated carbocycles. The summed E-state index contributed by atoms with van der Waals surface area (Å²) in [6.45, 7) is 2.44. The van der Waals surface area contributed by atoms with Gasteiger partial charge in [-0.25, -0.2) is 8.78 Å². The first kappa shape index (κ1) is 18.9. The molecule has 7 heteroatoms. The van der Waals surface area contributed by atoms with Crippen LogP contribution >= 0.6 is 12.2 Å². The molecule has 3 rings (SSSR count). The Labute approximate surface area is 151 Å². The van der Waals surface area contributed by atoms with Crippen LogP contribution in [-0.2, 0) is 13.7 Å². The summed E-state index contributed by atoms with van der Waals surface area (Å²) in [6.07, 6.45) is 7.70. The summed E-state index contributed by atoms with van der Waals surface area (Å²) in [7, 11) is 0. The van der Waals surface area contributed by atoms with Gasteiger partial charge in [-0.05, 0) is 44.6 Å². The lowest BCUT2D eigenvalue weighted by Gasteiger charge is -2.21. The van der Waals surface area contributed by atoms with Crippen LogP contribution in [-0.4, -0.2) is 30.6 Å². The van der Waals surface area contributed by atoms with E-state index >= 15 is 0 Å². The highest BCUT2D eigenvalue weighted by molar-refractivity contribution is 7.93. The molecule has 1 saturated heterocycles. The van der Waals surface area contributed by atoms with Gasteiger partial charge in [0.2, 0.25) is 5.91 Å². The number of hydrogen-bond acceptors (Lipinski definition) is 4. The molecule has 0 aromatic heterocycles. The minimum absolute atomic E-state index is 0.0677. The van der Waals surface area contributed by atoms with Crippen molar-refractivity contribution in [1.29, 1.82) is 0 Å². The van der Waals surface area contributed by atoms with Crippen LogP contribution in [0.1, 0.15) is 51.9 Å². The maximum absolute atomic E-state index is 14.2. The first-order valence-corrected chi connectivity index (χ1v) is 9.69. The first-order valence-electron chi connectivity index (χ1n) is 8.95. The lowest BCUT2D eigenvalue weighted by atomic mass is 9.90. The second-order valence-corrected chi connectivity index (χ2v) is 7.67. The largest absolute Gasteiger partial charge is 0.373 e. The number of carbonyl (C=O) groups is 1. The third-order valence-electron chi connectivity index (χ3n) is 5.10. The zero-order chi connectivity index (χ0) is 17.9. The Kier molecular flexibility index (Phi) is 6.17. The molecular weight excluding hydrogens is 348 g/mol. The van der Waals surface area contributed by atoms with Gasteiger partial charge in [-0.3, -0.25) is 13.7 Å². The number of alkyl halides is 2. The average molecular weight is 373 g/mol. The molecule has 0 bridgehead atoms. The van der Waals surface area contributed by atoms with Gasteiger partial charge in [0.05, 0.1) is 18.8 Å². The number of rotatable bonds is 7. The van der Waals surface area contributed by atoms with Crippen molar-refractivity contribution in [1.82, 2.24) is 4.72 Å². The van der Waals surface area contributed by atoms with E-state index in [1.165, 1.54) is 0 Å². The molecular formula is C18H25F2NO3S. The molecule has 25 heavy (non-hydrogen) atoms. The van der Waals surface area contributed by atoms with Gasteiger partial charge in [0.1, 0.15) is 12.2 Å². The number of amides is 1. The van der Waals surface area contributed by atoms with Gasteiger partial charge in [-0.1, -0.05) is 17.7 Å². The first-order chi connectivity index (χ1) is 12.0. The van der Waals surface area contributed by atoms with Gasteiger partial charge < -0.3 is 4.74 Å². The zero-order valence-corrected chi connectivity index (χ0v) is 15.2. The van der Waals surface area contributed by atoms with Crippen LogP contribution in [0.15, 0.2) is 23.3 Å². The fraction of sp³-hybridized carbons (Fsp3) is 0.722. The van der Waals surface area contributed by atoms with Crippen molar-refractivity contribution >= 4 is 18.1 Å². The van der Waals surface area contributed by atoms with Gasteiger partial charge in [0, 0.05) is 18.8 Å². The summed E-state index contributed by atoms with van der Waals surface area (Å²) in [5.41, 5.74) is 1.61. The van der Waals surface area contributed by atoms with Crippen LogP contribution in [0.5, 0.6) is 0 Å². The van der Waals surface area contributed by atoms with Gasteiger partial charge >= 0.3 is 0 Å². The standard InChI is InChI=1S/C18H25F2NO3S/c1-12-6-7-14(24-12)11-23-25-21-17(22)9-8-16-15-5-3-2-4-13(15)10-18(16,19)20/h3,5,12,14,16H,2,4,6-11H2,1H3,(H,21,22). The number of nitrogens with one attached hydrogen (secondary N) is 1. The second kappa shape index (κ2) is 8.18. The van der Waals surface area contributed by atoms with E-state index in [4.69, 9.17) is 8.92 Å². The maximum atomic E-state index is 14.2. The van der Waals surface area contributed by atoms with E-state index in [-0.39, 0.29) is 37.4 Å². The number of carbonyl (C=O) groups excluding carboxylic acids is 1. The molecule has 4 nitrogen and oxygen atoms in total. The van der Waals surface area contributed by atoms with Gasteiger partial charge in [0.25, 0.3) is 5.92 Å². The highest BCUT2D eigenvalue weighted by Crippen LogP contribution is 2.49. The van der Waals surface area contributed by atoms with Crippen LogP contribution in [0.25, 0.3) is 0 Å². The fourth-order valence-corrected chi connectivity index (χ4v) is 4.28. The van der Waals surface area contributed by atoms with Crippen LogP contribution in [0, 0.1) is 5.92 Å².